The molecule has 1 aromatic heterocycles. The number of carbonyl (C=O) groups is 1. The Morgan fingerprint density at radius 2 is 2.14 bits per heavy atom. The summed E-state index contributed by atoms with van der Waals surface area (Å²) in [4.78, 5) is 16.2. The maximum atomic E-state index is 12.6. The van der Waals surface area contributed by atoms with E-state index in [9.17, 15) is 4.79 Å². The van der Waals surface area contributed by atoms with Crippen LogP contribution in [0.5, 0.6) is 0 Å². The molecule has 116 valence electrons. The topological polar surface area (TPSA) is 32.3 Å². The summed E-state index contributed by atoms with van der Waals surface area (Å²) in [5.74, 6) is 0.879. The second-order valence-corrected chi connectivity index (χ2v) is 8.25. The van der Waals surface area contributed by atoms with Crippen molar-refractivity contribution in [2.75, 3.05) is 26.7 Å². The molecule has 2 aliphatic rings. The van der Waals surface area contributed by atoms with Gasteiger partial charge in [0.1, 0.15) is 0 Å². The lowest BCUT2D eigenvalue weighted by molar-refractivity contribution is -0.129. The first-order chi connectivity index (χ1) is 10.1. The SMILES string of the molecule is CN1CCC(C2(C(=O)NCCc3ccc(Cl)s3)CC2)CC1. The van der Waals surface area contributed by atoms with E-state index in [0.29, 0.717) is 11.8 Å². The van der Waals surface area contributed by atoms with Gasteiger partial charge < -0.3 is 10.2 Å². The minimum atomic E-state index is -0.0334. The third kappa shape index (κ3) is 3.43. The maximum absolute atomic E-state index is 12.6. The minimum Gasteiger partial charge on any atom is -0.355 e. The molecule has 5 heteroatoms. The van der Waals surface area contributed by atoms with Gasteiger partial charge >= 0.3 is 0 Å². The second kappa shape index (κ2) is 6.27. The summed E-state index contributed by atoms with van der Waals surface area (Å²) in [6.45, 7) is 2.99. The molecule has 3 nitrogen and oxygen atoms in total. The van der Waals surface area contributed by atoms with Crippen molar-refractivity contribution >= 4 is 28.8 Å². The summed E-state index contributed by atoms with van der Waals surface area (Å²) in [6.07, 6.45) is 5.39. The van der Waals surface area contributed by atoms with Crippen LogP contribution >= 0.6 is 22.9 Å². The minimum absolute atomic E-state index is 0.0334. The van der Waals surface area contributed by atoms with Gasteiger partial charge in [0.05, 0.1) is 9.75 Å². The van der Waals surface area contributed by atoms with Crippen LogP contribution in [-0.2, 0) is 11.2 Å². The fourth-order valence-electron chi connectivity index (χ4n) is 3.48. The largest absolute Gasteiger partial charge is 0.355 e. The molecule has 3 rings (SSSR count). The standard InChI is InChI=1S/C16H23ClN2OS/c1-19-10-5-12(6-11-19)16(7-8-16)15(20)18-9-4-13-2-3-14(17)21-13/h2-3,12H,4-11H2,1H3,(H,18,20). The van der Waals surface area contributed by atoms with Gasteiger partial charge in [0.25, 0.3) is 0 Å². The average molecular weight is 327 g/mol. The van der Waals surface area contributed by atoms with Crippen molar-refractivity contribution in [3.05, 3.63) is 21.3 Å². The van der Waals surface area contributed by atoms with Gasteiger partial charge in [-0.25, -0.2) is 0 Å². The van der Waals surface area contributed by atoms with Crippen LogP contribution in [0.25, 0.3) is 0 Å². The lowest BCUT2D eigenvalue weighted by Gasteiger charge is -2.33. The van der Waals surface area contributed by atoms with Crippen LogP contribution in [-0.4, -0.2) is 37.5 Å². The van der Waals surface area contributed by atoms with Crippen molar-refractivity contribution in [2.24, 2.45) is 11.3 Å². The van der Waals surface area contributed by atoms with Crippen LogP contribution < -0.4 is 5.32 Å². The van der Waals surface area contributed by atoms with E-state index in [1.54, 1.807) is 11.3 Å². The van der Waals surface area contributed by atoms with Crippen LogP contribution in [0.2, 0.25) is 4.34 Å². The second-order valence-electron chi connectivity index (χ2n) is 6.45. The summed E-state index contributed by atoms with van der Waals surface area (Å²) < 4.78 is 0.821. The van der Waals surface area contributed by atoms with E-state index < -0.39 is 0 Å². The number of halogens is 1. The van der Waals surface area contributed by atoms with Gasteiger partial charge in [-0.1, -0.05) is 11.6 Å². The number of carbonyl (C=O) groups excluding carboxylic acids is 1. The normalized spacial score (nSPS) is 22.2. The molecule has 1 aliphatic heterocycles. The molecule has 0 radical (unpaired) electrons. The lowest BCUT2D eigenvalue weighted by atomic mass is 9.81. The van der Waals surface area contributed by atoms with Gasteiger partial charge in [-0.15, -0.1) is 11.3 Å². The Balaban J connectivity index is 1.48. The number of nitrogens with zero attached hydrogens (tertiary/aromatic N) is 1. The number of hydrogen-bond acceptors (Lipinski definition) is 3. The molecular formula is C16H23ClN2OS. The molecule has 21 heavy (non-hydrogen) atoms. The summed E-state index contributed by atoms with van der Waals surface area (Å²) >= 11 is 7.52. The summed E-state index contributed by atoms with van der Waals surface area (Å²) in [6, 6.07) is 3.97. The number of likely N-dealkylation sites (tertiary alicyclic amines) is 1. The van der Waals surface area contributed by atoms with Crippen molar-refractivity contribution in [3.63, 3.8) is 0 Å². The van der Waals surface area contributed by atoms with E-state index in [0.717, 1.165) is 43.2 Å². The Bertz CT molecular complexity index is 504. The monoisotopic (exact) mass is 326 g/mol. The zero-order valence-corrected chi connectivity index (χ0v) is 14.1. The fourth-order valence-corrected chi connectivity index (χ4v) is 4.56. The molecule has 2 fully saturated rings. The van der Waals surface area contributed by atoms with Crippen LogP contribution in [0.15, 0.2) is 12.1 Å². The van der Waals surface area contributed by atoms with E-state index in [4.69, 9.17) is 11.6 Å². The molecule has 1 aromatic rings. The molecule has 0 bridgehead atoms. The Hall–Kier alpha value is -0.580. The van der Waals surface area contributed by atoms with Crippen LogP contribution in [0.1, 0.15) is 30.6 Å². The van der Waals surface area contributed by atoms with E-state index in [1.807, 2.05) is 12.1 Å². The maximum Gasteiger partial charge on any atom is 0.226 e. The van der Waals surface area contributed by atoms with Gasteiger partial charge in [0, 0.05) is 11.4 Å². The molecule has 1 saturated carbocycles. The van der Waals surface area contributed by atoms with Crippen LogP contribution in [0.3, 0.4) is 0 Å². The van der Waals surface area contributed by atoms with E-state index >= 15 is 0 Å². The van der Waals surface area contributed by atoms with E-state index in [-0.39, 0.29) is 5.41 Å². The highest BCUT2D eigenvalue weighted by Crippen LogP contribution is 2.55. The molecular weight excluding hydrogens is 304 g/mol. The Morgan fingerprint density at radius 1 is 1.43 bits per heavy atom. The smallest absolute Gasteiger partial charge is 0.226 e. The fraction of sp³-hybridized carbons (Fsp3) is 0.688. The molecule has 1 aliphatic carbocycles. The number of thiophene rings is 1. The predicted molar refractivity (Wildman–Crippen MR) is 87.9 cm³/mol. The molecule has 2 heterocycles. The highest BCUT2D eigenvalue weighted by atomic mass is 35.5. The molecule has 1 amide bonds. The number of amides is 1. The summed E-state index contributed by atoms with van der Waals surface area (Å²) in [5.41, 5.74) is -0.0334. The van der Waals surface area contributed by atoms with Crippen molar-refractivity contribution in [1.82, 2.24) is 10.2 Å². The number of nitrogens with one attached hydrogen (secondary N) is 1. The van der Waals surface area contributed by atoms with Gasteiger partial charge in [-0.3, -0.25) is 4.79 Å². The Morgan fingerprint density at radius 3 is 2.71 bits per heavy atom. The first kappa shape index (κ1) is 15.3. The average Bonchev–Trinajstić information content (AvgIpc) is 3.18. The molecule has 1 N–H and O–H groups in total. The highest BCUT2D eigenvalue weighted by molar-refractivity contribution is 7.16. The molecule has 0 spiro atoms. The molecule has 0 atom stereocenters. The number of hydrogen-bond donors (Lipinski definition) is 1. The van der Waals surface area contributed by atoms with Crippen molar-refractivity contribution in [2.45, 2.75) is 32.1 Å². The predicted octanol–water partition coefficient (Wildman–Crippen LogP) is 3.18. The Kier molecular flexibility index (Phi) is 4.57. The lowest BCUT2D eigenvalue weighted by Crippen LogP contribution is -2.42. The zero-order chi connectivity index (χ0) is 14.9. The first-order valence-corrected chi connectivity index (χ1v) is 9.01. The first-order valence-electron chi connectivity index (χ1n) is 7.81. The zero-order valence-electron chi connectivity index (χ0n) is 12.5. The van der Waals surface area contributed by atoms with Gasteiger partial charge in [-0.05, 0) is 70.3 Å². The van der Waals surface area contributed by atoms with Gasteiger partial charge in [0.15, 0.2) is 0 Å². The van der Waals surface area contributed by atoms with Crippen LogP contribution in [0, 0.1) is 11.3 Å². The molecule has 0 unspecified atom stereocenters. The summed E-state index contributed by atoms with van der Waals surface area (Å²) in [5, 5.41) is 3.16. The summed E-state index contributed by atoms with van der Waals surface area (Å²) in [7, 11) is 2.17. The number of piperidine rings is 1. The third-order valence-electron chi connectivity index (χ3n) is 5.03. The van der Waals surface area contributed by atoms with Gasteiger partial charge in [-0.2, -0.15) is 0 Å². The molecule has 0 aromatic carbocycles. The van der Waals surface area contributed by atoms with Crippen molar-refractivity contribution in [1.29, 1.82) is 0 Å². The van der Waals surface area contributed by atoms with Gasteiger partial charge in [0.2, 0.25) is 5.91 Å². The third-order valence-corrected chi connectivity index (χ3v) is 6.32. The highest BCUT2D eigenvalue weighted by Gasteiger charge is 2.55. The Labute approximate surface area is 135 Å². The quantitative estimate of drug-likeness (QED) is 0.901. The van der Waals surface area contributed by atoms with Crippen molar-refractivity contribution < 1.29 is 4.79 Å². The van der Waals surface area contributed by atoms with E-state index in [2.05, 4.69) is 17.3 Å². The molecule has 1 saturated heterocycles. The number of rotatable bonds is 5. The van der Waals surface area contributed by atoms with Crippen molar-refractivity contribution in [3.8, 4) is 0 Å². The van der Waals surface area contributed by atoms with E-state index in [1.165, 1.54) is 17.7 Å². The van der Waals surface area contributed by atoms with Crippen LogP contribution in [0.4, 0.5) is 0 Å².